The first-order valence-electron chi connectivity index (χ1n) is 10.3. The van der Waals surface area contributed by atoms with E-state index in [1.165, 1.54) is 57.4 Å². The third-order valence-corrected chi connectivity index (χ3v) is 6.04. The van der Waals surface area contributed by atoms with Gasteiger partial charge < -0.3 is 10.3 Å². The molecule has 3 aromatic carbocycles. The van der Waals surface area contributed by atoms with Crippen LogP contribution < -0.4 is 5.32 Å². The van der Waals surface area contributed by atoms with Crippen molar-refractivity contribution in [3.05, 3.63) is 89.6 Å². The highest BCUT2D eigenvalue weighted by molar-refractivity contribution is 5.97. The summed E-state index contributed by atoms with van der Waals surface area (Å²) in [6, 6.07) is 26.4. The molecule has 0 aliphatic heterocycles. The molecule has 2 nitrogen and oxygen atoms in total. The fourth-order valence-electron chi connectivity index (χ4n) is 4.60. The van der Waals surface area contributed by atoms with Gasteiger partial charge in [0.15, 0.2) is 0 Å². The van der Waals surface area contributed by atoms with Gasteiger partial charge in [0.05, 0.1) is 0 Å². The molecule has 1 heterocycles. The Balaban J connectivity index is 1.32. The van der Waals surface area contributed by atoms with E-state index in [1.807, 2.05) is 0 Å². The number of rotatable bonds is 5. The highest BCUT2D eigenvalue weighted by atomic mass is 14.9. The van der Waals surface area contributed by atoms with E-state index in [0.29, 0.717) is 5.92 Å². The third kappa shape index (κ3) is 3.09. The second kappa shape index (κ2) is 7.20. The summed E-state index contributed by atoms with van der Waals surface area (Å²) in [5, 5.41) is 4.96. The SMILES string of the molecule is CCc1[nH]c2ccccc2c1-c1ccc(NCC2Cc3ccccc3C2)cc1. The molecule has 0 saturated heterocycles. The summed E-state index contributed by atoms with van der Waals surface area (Å²) < 4.78 is 0. The van der Waals surface area contributed by atoms with E-state index in [2.05, 4.69) is 90.0 Å². The van der Waals surface area contributed by atoms with E-state index >= 15 is 0 Å². The second-order valence-corrected chi connectivity index (χ2v) is 7.88. The Hall–Kier alpha value is -3.00. The van der Waals surface area contributed by atoms with Crippen LogP contribution in [0.2, 0.25) is 0 Å². The van der Waals surface area contributed by atoms with Crippen LogP contribution >= 0.6 is 0 Å². The number of anilines is 1. The fourth-order valence-corrected chi connectivity index (χ4v) is 4.60. The molecule has 0 spiro atoms. The van der Waals surface area contributed by atoms with Crippen LogP contribution in [0.1, 0.15) is 23.7 Å². The van der Waals surface area contributed by atoms with Crippen LogP contribution in [-0.4, -0.2) is 11.5 Å². The van der Waals surface area contributed by atoms with Gasteiger partial charge in [-0.15, -0.1) is 0 Å². The molecule has 0 saturated carbocycles. The largest absolute Gasteiger partial charge is 0.385 e. The minimum Gasteiger partial charge on any atom is -0.385 e. The topological polar surface area (TPSA) is 27.8 Å². The van der Waals surface area contributed by atoms with Crippen molar-refractivity contribution in [2.24, 2.45) is 5.92 Å². The number of hydrogen-bond acceptors (Lipinski definition) is 1. The number of nitrogens with one attached hydrogen (secondary N) is 2. The molecule has 1 aliphatic carbocycles. The van der Waals surface area contributed by atoms with Crippen molar-refractivity contribution >= 4 is 16.6 Å². The number of benzene rings is 3. The number of H-pyrrole nitrogens is 1. The predicted octanol–water partition coefficient (Wildman–Crippen LogP) is 6.22. The van der Waals surface area contributed by atoms with Crippen molar-refractivity contribution in [1.82, 2.24) is 4.98 Å². The summed E-state index contributed by atoms with van der Waals surface area (Å²) in [4.78, 5) is 3.58. The quantitative estimate of drug-likeness (QED) is 0.431. The van der Waals surface area contributed by atoms with Crippen LogP contribution in [0.15, 0.2) is 72.8 Å². The zero-order chi connectivity index (χ0) is 18.9. The van der Waals surface area contributed by atoms with E-state index in [-0.39, 0.29) is 0 Å². The summed E-state index contributed by atoms with van der Waals surface area (Å²) >= 11 is 0. The molecule has 2 heteroatoms. The fraction of sp³-hybridized carbons (Fsp3) is 0.231. The van der Waals surface area contributed by atoms with Gasteiger partial charge in [-0.3, -0.25) is 0 Å². The normalized spacial score (nSPS) is 13.8. The average Bonchev–Trinajstić information content (AvgIpc) is 3.33. The first-order valence-corrected chi connectivity index (χ1v) is 10.3. The lowest BCUT2D eigenvalue weighted by molar-refractivity contribution is 0.594. The maximum atomic E-state index is 3.65. The van der Waals surface area contributed by atoms with Gasteiger partial charge in [-0.1, -0.05) is 61.5 Å². The van der Waals surface area contributed by atoms with Crippen LogP contribution in [0.3, 0.4) is 0 Å². The molecule has 1 aliphatic rings. The molecule has 1 aromatic heterocycles. The van der Waals surface area contributed by atoms with E-state index in [9.17, 15) is 0 Å². The van der Waals surface area contributed by atoms with Gasteiger partial charge in [0.2, 0.25) is 0 Å². The van der Waals surface area contributed by atoms with Gasteiger partial charge in [-0.05, 0) is 60.1 Å². The van der Waals surface area contributed by atoms with Gasteiger partial charge in [0, 0.05) is 34.4 Å². The van der Waals surface area contributed by atoms with Gasteiger partial charge in [-0.2, -0.15) is 0 Å². The van der Waals surface area contributed by atoms with Crippen molar-refractivity contribution in [3.63, 3.8) is 0 Å². The molecule has 4 aromatic rings. The minimum atomic E-state index is 0.692. The molecule has 0 bridgehead atoms. The maximum Gasteiger partial charge on any atom is 0.0462 e. The summed E-state index contributed by atoms with van der Waals surface area (Å²) in [6.45, 7) is 3.24. The van der Waals surface area contributed by atoms with Gasteiger partial charge >= 0.3 is 0 Å². The second-order valence-electron chi connectivity index (χ2n) is 7.88. The number of fused-ring (bicyclic) bond motifs is 2. The zero-order valence-electron chi connectivity index (χ0n) is 16.3. The number of aromatic amines is 1. The van der Waals surface area contributed by atoms with Gasteiger partial charge in [0.1, 0.15) is 0 Å². The van der Waals surface area contributed by atoms with Crippen molar-refractivity contribution in [2.45, 2.75) is 26.2 Å². The zero-order valence-corrected chi connectivity index (χ0v) is 16.3. The Kier molecular flexibility index (Phi) is 4.40. The number of aromatic nitrogens is 1. The molecule has 0 fully saturated rings. The lowest BCUT2D eigenvalue weighted by Crippen LogP contribution is -2.14. The van der Waals surface area contributed by atoms with Crippen LogP contribution in [0, 0.1) is 5.92 Å². The first-order chi connectivity index (χ1) is 13.8. The van der Waals surface area contributed by atoms with E-state index in [4.69, 9.17) is 0 Å². The van der Waals surface area contributed by atoms with Crippen molar-refractivity contribution in [3.8, 4) is 11.1 Å². The number of para-hydroxylation sites is 1. The lowest BCUT2D eigenvalue weighted by atomic mass is 10.0. The first kappa shape index (κ1) is 17.1. The van der Waals surface area contributed by atoms with Crippen molar-refractivity contribution in [1.29, 1.82) is 0 Å². The number of hydrogen-bond donors (Lipinski definition) is 2. The molecule has 2 N–H and O–H groups in total. The monoisotopic (exact) mass is 366 g/mol. The Morgan fingerprint density at radius 3 is 2.25 bits per heavy atom. The molecule has 28 heavy (non-hydrogen) atoms. The van der Waals surface area contributed by atoms with Crippen molar-refractivity contribution in [2.75, 3.05) is 11.9 Å². The van der Waals surface area contributed by atoms with Crippen LogP contribution in [-0.2, 0) is 19.3 Å². The number of aryl methyl sites for hydroxylation is 1. The van der Waals surface area contributed by atoms with Crippen LogP contribution in [0.25, 0.3) is 22.0 Å². The lowest BCUT2D eigenvalue weighted by Gasteiger charge is -2.13. The molecule has 0 atom stereocenters. The summed E-state index contributed by atoms with van der Waals surface area (Å²) in [5.74, 6) is 0.692. The smallest absolute Gasteiger partial charge is 0.0462 e. The van der Waals surface area contributed by atoms with E-state index in [1.54, 1.807) is 0 Å². The molecule has 0 unspecified atom stereocenters. The van der Waals surface area contributed by atoms with Crippen LogP contribution in [0.4, 0.5) is 5.69 Å². The average molecular weight is 367 g/mol. The predicted molar refractivity (Wildman–Crippen MR) is 119 cm³/mol. The Morgan fingerprint density at radius 1 is 0.857 bits per heavy atom. The van der Waals surface area contributed by atoms with Gasteiger partial charge in [0.25, 0.3) is 0 Å². The van der Waals surface area contributed by atoms with Gasteiger partial charge in [-0.25, -0.2) is 0 Å². The molecular formula is C26H26N2. The minimum absolute atomic E-state index is 0.692. The Labute approximate surface area is 166 Å². The molecule has 0 amide bonds. The maximum absolute atomic E-state index is 3.65. The standard InChI is InChI=1S/C26H26N2/c1-2-24-26(23-9-5-6-10-25(23)28-24)19-11-13-22(14-12-19)27-17-18-15-20-7-3-4-8-21(20)16-18/h3-14,18,27-28H,2,15-17H2,1H3. The van der Waals surface area contributed by atoms with E-state index < -0.39 is 0 Å². The Bertz CT molecular complexity index is 1080. The third-order valence-electron chi connectivity index (χ3n) is 6.04. The molecule has 0 radical (unpaired) electrons. The highest BCUT2D eigenvalue weighted by Crippen LogP contribution is 2.33. The van der Waals surface area contributed by atoms with Crippen LogP contribution in [0.5, 0.6) is 0 Å². The summed E-state index contributed by atoms with van der Waals surface area (Å²) in [7, 11) is 0. The molecule has 140 valence electrons. The summed E-state index contributed by atoms with van der Waals surface area (Å²) in [5.41, 5.74) is 9.41. The highest BCUT2D eigenvalue weighted by Gasteiger charge is 2.20. The van der Waals surface area contributed by atoms with E-state index in [0.717, 1.165) is 13.0 Å². The summed E-state index contributed by atoms with van der Waals surface area (Å²) in [6.07, 6.45) is 3.39. The molecule has 5 rings (SSSR count). The Morgan fingerprint density at radius 2 is 1.54 bits per heavy atom. The van der Waals surface area contributed by atoms with Crippen molar-refractivity contribution < 1.29 is 0 Å². The molecular weight excluding hydrogens is 340 g/mol.